The van der Waals surface area contributed by atoms with Gasteiger partial charge in [0, 0.05) is 50.2 Å². The standard InChI is InChI=1S/C27H31F3N8O2/c1-5-23(39)33-21-13-17(3)7-8-20(21)34-25-19(27(28,29)30)16-31-26(36-25)32-18-14-22(35-24(15-18)40-4)38-11-9-37(6-2)10-12-38/h5,7-8,13-16H,1,6,9-12H2,2-4H3,(H,33,39)(H2,31,32,34,35,36). The third-order valence-corrected chi connectivity index (χ3v) is 6.36. The molecule has 1 aromatic carbocycles. The number of carbonyl (C=O) groups is 1. The van der Waals surface area contributed by atoms with Crippen molar-refractivity contribution >= 4 is 40.6 Å². The molecule has 1 aliphatic rings. The maximum absolute atomic E-state index is 13.9. The lowest BCUT2D eigenvalue weighted by atomic mass is 10.1. The zero-order chi connectivity index (χ0) is 28.9. The number of nitrogens with one attached hydrogen (secondary N) is 3. The molecule has 212 valence electrons. The second kappa shape index (κ2) is 12.2. The number of piperazine rings is 1. The van der Waals surface area contributed by atoms with Crippen LogP contribution in [-0.4, -0.2) is 65.6 Å². The van der Waals surface area contributed by atoms with Crippen LogP contribution in [0.15, 0.2) is 49.2 Å². The van der Waals surface area contributed by atoms with Gasteiger partial charge in [0.05, 0.1) is 18.5 Å². The van der Waals surface area contributed by atoms with Crippen molar-refractivity contribution in [2.45, 2.75) is 20.0 Å². The second-order valence-electron chi connectivity index (χ2n) is 9.12. The molecule has 1 fully saturated rings. The van der Waals surface area contributed by atoms with Crippen LogP contribution >= 0.6 is 0 Å². The van der Waals surface area contributed by atoms with Gasteiger partial charge in [0.2, 0.25) is 17.7 Å². The van der Waals surface area contributed by atoms with Crippen molar-refractivity contribution < 1.29 is 22.7 Å². The molecule has 1 saturated heterocycles. The summed E-state index contributed by atoms with van der Waals surface area (Å²) in [6.45, 7) is 11.6. The van der Waals surface area contributed by atoms with E-state index in [2.05, 4.69) is 54.2 Å². The number of aromatic nitrogens is 3. The number of hydrogen-bond donors (Lipinski definition) is 3. The predicted octanol–water partition coefficient (Wildman–Crippen LogP) is 4.96. The molecule has 3 heterocycles. The Kier molecular flexibility index (Phi) is 8.73. The Labute approximate surface area is 230 Å². The minimum Gasteiger partial charge on any atom is -0.481 e. The lowest BCUT2D eigenvalue weighted by molar-refractivity contribution is -0.137. The third kappa shape index (κ3) is 6.97. The van der Waals surface area contributed by atoms with Crippen LogP contribution in [0.2, 0.25) is 0 Å². The molecule has 0 radical (unpaired) electrons. The monoisotopic (exact) mass is 556 g/mol. The number of aryl methyl sites for hydroxylation is 1. The topological polar surface area (TPSA) is 108 Å². The van der Waals surface area contributed by atoms with Crippen molar-refractivity contribution in [1.82, 2.24) is 19.9 Å². The molecule has 0 spiro atoms. The Hall–Kier alpha value is -4.39. The fourth-order valence-corrected chi connectivity index (χ4v) is 4.18. The lowest BCUT2D eigenvalue weighted by Gasteiger charge is -2.35. The van der Waals surface area contributed by atoms with Crippen molar-refractivity contribution in [2.24, 2.45) is 0 Å². The van der Waals surface area contributed by atoms with E-state index in [1.807, 2.05) is 0 Å². The molecule has 3 aromatic rings. The highest BCUT2D eigenvalue weighted by Gasteiger charge is 2.35. The number of carbonyl (C=O) groups excluding carboxylic acids is 1. The number of benzene rings is 1. The summed E-state index contributed by atoms with van der Waals surface area (Å²) < 4.78 is 47.0. The van der Waals surface area contributed by atoms with E-state index in [1.165, 1.54) is 7.11 Å². The summed E-state index contributed by atoms with van der Waals surface area (Å²) in [5, 5.41) is 8.30. The van der Waals surface area contributed by atoms with Gasteiger partial charge < -0.3 is 30.5 Å². The lowest BCUT2D eigenvalue weighted by Crippen LogP contribution is -2.46. The number of rotatable bonds is 9. The highest BCUT2D eigenvalue weighted by atomic mass is 19.4. The molecule has 0 atom stereocenters. The van der Waals surface area contributed by atoms with Gasteiger partial charge in [-0.25, -0.2) is 4.98 Å². The van der Waals surface area contributed by atoms with E-state index < -0.39 is 23.5 Å². The van der Waals surface area contributed by atoms with Crippen LogP contribution < -0.4 is 25.6 Å². The number of hydrogen-bond acceptors (Lipinski definition) is 9. The molecule has 3 N–H and O–H groups in total. The van der Waals surface area contributed by atoms with Gasteiger partial charge in [-0.05, 0) is 37.2 Å². The number of methoxy groups -OCH3 is 1. The summed E-state index contributed by atoms with van der Waals surface area (Å²) in [5.74, 6) is -0.0574. The second-order valence-corrected chi connectivity index (χ2v) is 9.12. The van der Waals surface area contributed by atoms with E-state index >= 15 is 0 Å². The fourth-order valence-electron chi connectivity index (χ4n) is 4.18. The van der Waals surface area contributed by atoms with Crippen LogP contribution in [0.3, 0.4) is 0 Å². The van der Waals surface area contributed by atoms with Crippen LogP contribution in [-0.2, 0) is 11.0 Å². The van der Waals surface area contributed by atoms with Gasteiger partial charge in [-0.2, -0.15) is 23.1 Å². The summed E-state index contributed by atoms with van der Waals surface area (Å²) in [6, 6.07) is 8.28. The number of alkyl halides is 3. The van der Waals surface area contributed by atoms with Crippen molar-refractivity contribution in [2.75, 3.05) is 60.7 Å². The number of halogens is 3. The van der Waals surface area contributed by atoms with Gasteiger partial charge in [-0.15, -0.1) is 0 Å². The van der Waals surface area contributed by atoms with E-state index in [0.29, 0.717) is 23.6 Å². The minimum atomic E-state index is -4.73. The SMILES string of the molecule is C=CC(=O)Nc1cc(C)ccc1Nc1nc(Nc2cc(OC)nc(N3CCN(CC)CC3)c2)ncc1C(F)(F)F. The number of anilines is 6. The fraction of sp³-hybridized carbons (Fsp3) is 0.333. The number of amides is 1. The Balaban J connectivity index is 1.65. The third-order valence-electron chi connectivity index (χ3n) is 6.36. The highest BCUT2D eigenvalue weighted by molar-refractivity contribution is 6.01. The molecule has 0 bridgehead atoms. The van der Waals surface area contributed by atoms with Crippen LogP contribution in [0.25, 0.3) is 0 Å². The first-order valence-corrected chi connectivity index (χ1v) is 12.6. The first-order valence-electron chi connectivity index (χ1n) is 12.6. The maximum atomic E-state index is 13.9. The smallest absolute Gasteiger partial charge is 0.421 e. The Bertz CT molecular complexity index is 1370. The number of nitrogens with zero attached hydrogens (tertiary/aromatic N) is 5. The minimum absolute atomic E-state index is 0.0747. The molecule has 4 rings (SSSR count). The molecule has 2 aromatic heterocycles. The summed E-state index contributed by atoms with van der Waals surface area (Å²) >= 11 is 0. The molecule has 0 aliphatic carbocycles. The zero-order valence-corrected chi connectivity index (χ0v) is 22.5. The largest absolute Gasteiger partial charge is 0.481 e. The van der Waals surface area contributed by atoms with Gasteiger partial charge in [0.1, 0.15) is 17.2 Å². The van der Waals surface area contributed by atoms with Gasteiger partial charge in [-0.3, -0.25) is 4.79 Å². The van der Waals surface area contributed by atoms with Crippen LogP contribution in [0.4, 0.5) is 47.8 Å². The summed E-state index contributed by atoms with van der Waals surface area (Å²) in [6.07, 6.45) is -2.96. The highest BCUT2D eigenvalue weighted by Crippen LogP contribution is 2.37. The van der Waals surface area contributed by atoms with Crippen molar-refractivity contribution in [3.8, 4) is 5.88 Å². The molecule has 10 nitrogen and oxygen atoms in total. The van der Waals surface area contributed by atoms with Gasteiger partial charge in [0.15, 0.2) is 0 Å². The summed E-state index contributed by atoms with van der Waals surface area (Å²) in [4.78, 5) is 29.0. The maximum Gasteiger partial charge on any atom is 0.421 e. The Morgan fingerprint density at radius 2 is 1.85 bits per heavy atom. The van der Waals surface area contributed by atoms with E-state index in [9.17, 15) is 18.0 Å². The normalized spacial score (nSPS) is 14.0. The van der Waals surface area contributed by atoms with E-state index in [4.69, 9.17) is 4.74 Å². The molecule has 13 heteroatoms. The number of pyridine rings is 1. The summed E-state index contributed by atoms with van der Waals surface area (Å²) in [5.41, 5.74) is 0.721. The van der Waals surface area contributed by atoms with Crippen LogP contribution in [0.5, 0.6) is 5.88 Å². The average Bonchev–Trinajstić information content (AvgIpc) is 2.93. The Morgan fingerprint density at radius 1 is 1.10 bits per heavy atom. The molecular weight excluding hydrogens is 525 g/mol. The zero-order valence-electron chi connectivity index (χ0n) is 22.5. The van der Waals surface area contributed by atoms with Crippen molar-refractivity contribution in [3.05, 3.63) is 60.3 Å². The quantitative estimate of drug-likeness (QED) is 0.315. The van der Waals surface area contributed by atoms with Crippen LogP contribution in [0.1, 0.15) is 18.1 Å². The van der Waals surface area contributed by atoms with E-state index in [0.717, 1.165) is 44.4 Å². The molecule has 40 heavy (non-hydrogen) atoms. The number of ether oxygens (including phenoxy) is 1. The van der Waals surface area contributed by atoms with E-state index in [-0.39, 0.29) is 17.3 Å². The number of likely N-dealkylation sites (N-methyl/N-ethyl adjacent to an activating group) is 1. The Morgan fingerprint density at radius 3 is 2.50 bits per heavy atom. The summed E-state index contributed by atoms with van der Waals surface area (Å²) in [7, 11) is 1.49. The molecule has 0 saturated carbocycles. The van der Waals surface area contributed by atoms with Gasteiger partial charge in [0.25, 0.3) is 0 Å². The van der Waals surface area contributed by atoms with Crippen molar-refractivity contribution in [3.63, 3.8) is 0 Å². The first kappa shape index (κ1) is 28.6. The van der Waals surface area contributed by atoms with Gasteiger partial charge in [-0.1, -0.05) is 19.6 Å². The van der Waals surface area contributed by atoms with Gasteiger partial charge >= 0.3 is 6.18 Å². The average molecular weight is 557 g/mol. The molecule has 1 amide bonds. The molecule has 1 aliphatic heterocycles. The van der Waals surface area contributed by atoms with Crippen molar-refractivity contribution in [1.29, 1.82) is 0 Å². The first-order chi connectivity index (χ1) is 19.1. The molecular formula is C27H31F3N8O2. The van der Waals surface area contributed by atoms with E-state index in [1.54, 1.807) is 37.3 Å². The predicted molar refractivity (Wildman–Crippen MR) is 149 cm³/mol. The molecule has 0 unspecified atom stereocenters. The van der Waals surface area contributed by atoms with Crippen LogP contribution in [0, 0.1) is 6.92 Å².